The van der Waals surface area contributed by atoms with Gasteiger partial charge in [0.25, 0.3) is 5.56 Å². The van der Waals surface area contributed by atoms with Crippen LogP contribution >= 0.6 is 11.3 Å². The maximum Gasteiger partial charge on any atom is 0.338 e. The van der Waals surface area contributed by atoms with Crippen molar-refractivity contribution in [1.82, 2.24) is 4.57 Å². The molecule has 3 aromatic rings. The van der Waals surface area contributed by atoms with Gasteiger partial charge in [-0.05, 0) is 62.2 Å². The second kappa shape index (κ2) is 12.0. The smallest absolute Gasteiger partial charge is 0.338 e. The molecule has 0 bridgehead atoms. The van der Waals surface area contributed by atoms with Gasteiger partial charge in [-0.2, -0.15) is 0 Å². The van der Waals surface area contributed by atoms with Gasteiger partial charge >= 0.3 is 5.97 Å². The second-order valence-electron chi connectivity index (χ2n) is 8.31. The zero-order chi connectivity index (χ0) is 27.2. The molecule has 4 rings (SSSR count). The van der Waals surface area contributed by atoms with Crippen molar-refractivity contribution in [2.45, 2.75) is 26.8 Å². The Balaban J connectivity index is 1.85. The monoisotopic (exact) mass is 534 g/mol. The van der Waals surface area contributed by atoms with Crippen LogP contribution in [-0.4, -0.2) is 37.5 Å². The van der Waals surface area contributed by atoms with Gasteiger partial charge in [0.2, 0.25) is 0 Å². The molecule has 0 fully saturated rings. The fraction of sp³-hybridized carbons (Fsp3) is 0.276. The number of hydrogen-bond donors (Lipinski definition) is 0. The van der Waals surface area contributed by atoms with E-state index in [9.17, 15) is 9.59 Å². The van der Waals surface area contributed by atoms with Crippen LogP contribution in [-0.2, 0) is 9.53 Å². The Morgan fingerprint density at radius 1 is 1.11 bits per heavy atom. The summed E-state index contributed by atoms with van der Waals surface area (Å²) in [5, 5.41) is 0. The van der Waals surface area contributed by atoms with Gasteiger partial charge < -0.3 is 18.9 Å². The molecule has 1 aliphatic heterocycles. The number of nitrogens with zero attached hydrogens (tertiary/aromatic N) is 2. The molecule has 8 nitrogen and oxygen atoms in total. The predicted molar refractivity (Wildman–Crippen MR) is 147 cm³/mol. The summed E-state index contributed by atoms with van der Waals surface area (Å²) in [6.07, 6.45) is 3.43. The Labute approximate surface area is 224 Å². The number of hydrogen-bond acceptors (Lipinski definition) is 8. The lowest BCUT2D eigenvalue weighted by Gasteiger charge is -2.24. The van der Waals surface area contributed by atoms with E-state index >= 15 is 0 Å². The summed E-state index contributed by atoms with van der Waals surface area (Å²) >= 11 is 1.26. The van der Waals surface area contributed by atoms with E-state index in [4.69, 9.17) is 18.9 Å². The van der Waals surface area contributed by atoms with E-state index in [-0.39, 0.29) is 12.2 Å². The highest BCUT2D eigenvalue weighted by Crippen LogP contribution is 2.32. The third kappa shape index (κ3) is 5.43. The van der Waals surface area contributed by atoms with Crippen molar-refractivity contribution < 1.29 is 23.7 Å². The number of ether oxygens (including phenoxy) is 4. The Hall–Kier alpha value is -4.11. The summed E-state index contributed by atoms with van der Waals surface area (Å²) in [6, 6.07) is 12.1. The van der Waals surface area contributed by atoms with Crippen LogP contribution in [0.25, 0.3) is 6.08 Å². The molecule has 0 spiro atoms. The lowest BCUT2D eigenvalue weighted by molar-refractivity contribution is -0.139. The number of methoxy groups -OCH3 is 1. The zero-order valence-corrected chi connectivity index (χ0v) is 22.7. The maximum absolute atomic E-state index is 13.8. The predicted octanol–water partition coefficient (Wildman–Crippen LogP) is 3.77. The van der Waals surface area contributed by atoms with Gasteiger partial charge in [-0.25, -0.2) is 9.79 Å². The van der Waals surface area contributed by atoms with Crippen LogP contribution in [0.1, 0.15) is 37.9 Å². The van der Waals surface area contributed by atoms with Gasteiger partial charge in [-0.1, -0.05) is 42.2 Å². The van der Waals surface area contributed by atoms with Crippen LogP contribution in [0, 0.1) is 0 Å². The fourth-order valence-corrected chi connectivity index (χ4v) is 5.26. The first-order valence-corrected chi connectivity index (χ1v) is 13.1. The molecule has 2 heterocycles. The maximum atomic E-state index is 13.8. The lowest BCUT2D eigenvalue weighted by atomic mass is 9.96. The summed E-state index contributed by atoms with van der Waals surface area (Å²) in [6.45, 7) is 10.2. The van der Waals surface area contributed by atoms with E-state index in [0.29, 0.717) is 51.1 Å². The molecule has 0 saturated carbocycles. The highest BCUT2D eigenvalue weighted by Gasteiger charge is 2.33. The van der Waals surface area contributed by atoms with E-state index in [1.165, 1.54) is 11.3 Å². The lowest BCUT2D eigenvalue weighted by Crippen LogP contribution is -2.39. The Bertz CT molecular complexity index is 1550. The van der Waals surface area contributed by atoms with Crippen molar-refractivity contribution >= 4 is 23.4 Å². The van der Waals surface area contributed by atoms with Gasteiger partial charge in [0.05, 0.1) is 42.2 Å². The molecule has 1 atom stereocenters. The molecule has 9 heteroatoms. The molecule has 0 aliphatic carbocycles. The number of esters is 1. The summed E-state index contributed by atoms with van der Waals surface area (Å²) in [5.74, 6) is 1.33. The molecule has 0 saturated heterocycles. The minimum Gasteiger partial charge on any atom is -0.494 e. The molecule has 0 radical (unpaired) electrons. The number of carbonyl (C=O) groups is 1. The third-order valence-corrected chi connectivity index (χ3v) is 6.85. The van der Waals surface area contributed by atoms with Crippen molar-refractivity contribution in [3.05, 3.63) is 97.2 Å². The number of carbonyl (C=O) groups excluding carboxylic acids is 1. The third-order valence-electron chi connectivity index (χ3n) is 5.87. The number of benzene rings is 2. The summed E-state index contributed by atoms with van der Waals surface area (Å²) < 4.78 is 24.1. The molecule has 0 unspecified atom stereocenters. The Morgan fingerprint density at radius 3 is 2.53 bits per heavy atom. The van der Waals surface area contributed by atoms with Gasteiger partial charge in [-0.3, -0.25) is 9.36 Å². The minimum atomic E-state index is -0.688. The van der Waals surface area contributed by atoms with Crippen LogP contribution in [0.2, 0.25) is 0 Å². The van der Waals surface area contributed by atoms with Crippen molar-refractivity contribution in [2.75, 3.05) is 26.9 Å². The number of allylic oxidation sites excluding steroid dienone is 1. The first kappa shape index (κ1) is 26.9. The number of thiazole rings is 1. The molecule has 38 heavy (non-hydrogen) atoms. The minimum absolute atomic E-state index is 0.213. The topological polar surface area (TPSA) is 88.4 Å². The largest absolute Gasteiger partial charge is 0.494 e. The average molecular weight is 535 g/mol. The van der Waals surface area contributed by atoms with Crippen molar-refractivity contribution in [3.63, 3.8) is 0 Å². The molecule has 1 aromatic heterocycles. The van der Waals surface area contributed by atoms with E-state index in [1.54, 1.807) is 49.8 Å². The van der Waals surface area contributed by atoms with Crippen LogP contribution in [0.15, 0.2) is 76.2 Å². The van der Waals surface area contributed by atoms with Gasteiger partial charge in [0.1, 0.15) is 12.4 Å². The molecule has 0 amide bonds. The SMILES string of the molecule is C=CCOc1ccc(C=c2sc3n(c2=O)[C@@H](c2ccc(OCC)cc2)C(C(=O)OCC)=C(C)N=3)cc1OC. The Morgan fingerprint density at radius 2 is 1.87 bits per heavy atom. The molecule has 1 aliphatic rings. The first-order valence-electron chi connectivity index (χ1n) is 12.3. The molecule has 198 valence electrons. The van der Waals surface area contributed by atoms with E-state index in [0.717, 1.165) is 11.1 Å². The summed E-state index contributed by atoms with van der Waals surface area (Å²) in [7, 11) is 1.56. The molecular weight excluding hydrogens is 504 g/mol. The average Bonchev–Trinajstić information content (AvgIpc) is 3.21. The van der Waals surface area contributed by atoms with Gasteiger partial charge in [0.15, 0.2) is 16.3 Å². The van der Waals surface area contributed by atoms with E-state index in [2.05, 4.69) is 11.6 Å². The van der Waals surface area contributed by atoms with Gasteiger partial charge in [-0.15, -0.1) is 0 Å². The standard InChI is InChI=1S/C29H30N2O6S/c1-6-15-37-22-14-9-19(16-23(22)34-5)17-24-27(32)31-26(20-10-12-21(13-11-20)35-7-2)25(28(33)36-8-3)18(4)30-29(31)38-24/h6,9-14,16-17,26H,1,7-8,15H2,2-5H3/t26-/m0/s1. The van der Waals surface area contributed by atoms with E-state index < -0.39 is 12.0 Å². The van der Waals surface area contributed by atoms with Crippen LogP contribution in [0.5, 0.6) is 17.2 Å². The number of fused-ring (bicyclic) bond motifs is 1. The normalized spacial score (nSPS) is 14.9. The molecule has 0 N–H and O–H groups in total. The second-order valence-corrected chi connectivity index (χ2v) is 9.32. The van der Waals surface area contributed by atoms with Gasteiger partial charge in [0, 0.05) is 0 Å². The van der Waals surface area contributed by atoms with Crippen molar-refractivity contribution in [3.8, 4) is 17.2 Å². The summed E-state index contributed by atoms with van der Waals surface area (Å²) in [5.41, 5.74) is 2.11. The van der Waals surface area contributed by atoms with Crippen molar-refractivity contribution in [2.24, 2.45) is 4.99 Å². The van der Waals surface area contributed by atoms with Crippen LogP contribution in [0.3, 0.4) is 0 Å². The summed E-state index contributed by atoms with van der Waals surface area (Å²) in [4.78, 5) is 31.9. The fourth-order valence-electron chi connectivity index (χ4n) is 4.21. The first-order chi connectivity index (χ1) is 18.4. The van der Waals surface area contributed by atoms with Crippen LogP contribution < -0.4 is 29.1 Å². The highest BCUT2D eigenvalue weighted by atomic mass is 32.1. The van der Waals surface area contributed by atoms with E-state index in [1.807, 2.05) is 37.3 Å². The van der Waals surface area contributed by atoms with Crippen molar-refractivity contribution in [1.29, 1.82) is 0 Å². The quantitative estimate of drug-likeness (QED) is 0.291. The zero-order valence-electron chi connectivity index (χ0n) is 21.9. The van der Waals surface area contributed by atoms with Crippen LogP contribution in [0.4, 0.5) is 0 Å². The Kier molecular flexibility index (Phi) is 8.48. The highest BCUT2D eigenvalue weighted by molar-refractivity contribution is 7.07. The molecular formula is C29H30N2O6S. The number of rotatable bonds is 10. The number of aromatic nitrogens is 1. The molecule has 2 aromatic carbocycles.